The van der Waals surface area contributed by atoms with E-state index in [1.165, 1.54) is 12.1 Å². The predicted molar refractivity (Wildman–Crippen MR) is 64.6 cm³/mol. The van der Waals surface area contributed by atoms with Crippen molar-refractivity contribution >= 4 is 17.6 Å². The summed E-state index contributed by atoms with van der Waals surface area (Å²) in [7, 11) is 0. The largest absolute Gasteiger partial charge is 0.322 e. The molecule has 1 saturated heterocycles. The third-order valence-electron chi connectivity index (χ3n) is 3.98. The van der Waals surface area contributed by atoms with Crippen LogP contribution in [0.15, 0.2) is 18.2 Å². The molecule has 3 amide bonds. The molecule has 1 spiro atoms. The fourth-order valence-corrected chi connectivity index (χ4v) is 2.91. The highest BCUT2D eigenvalue weighted by Gasteiger charge is 2.54. The number of urea groups is 1. The zero-order chi connectivity index (χ0) is 13.8. The molecule has 2 unspecified atom stereocenters. The number of nitrogens with one attached hydrogen (secondary N) is 2. The Hall–Kier alpha value is -2.44. The van der Waals surface area contributed by atoms with E-state index >= 15 is 0 Å². The molecule has 3 rings (SSSR count). The number of hydrogen-bond acceptors (Lipinski definition) is 4. The number of nitro benzene ring substituents is 1. The highest BCUT2D eigenvalue weighted by Crippen LogP contribution is 2.43. The van der Waals surface area contributed by atoms with Crippen molar-refractivity contribution in [1.29, 1.82) is 0 Å². The van der Waals surface area contributed by atoms with E-state index in [4.69, 9.17) is 0 Å². The lowest BCUT2D eigenvalue weighted by atomic mass is 9.86. The molecule has 1 aromatic carbocycles. The summed E-state index contributed by atoms with van der Waals surface area (Å²) in [5, 5.41) is 15.7. The van der Waals surface area contributed by atoms with Crippen molar-refractivity contribution in [2.75, 3.05) is 0 Å². The Kier molecular flexibility index (Phi) is 2.16. The molecule has 2 aliphatic rings. The van der Waals surface area contributed by atoms with E-state index in [1.807, 2.05) is 0 Å². The normalized spacial score (nSPS) is 28.2. The second-order valence-corrected chi connectivity index (χ2v) is 4.92. The smallest absolute Gasteiger partial charge is 0.322 e. The Morgan fingerprint density at radius 1 is 1.42 bits per heavy atom. The van der Waals surface area contributed by atoms with Gasteiger partial charge in [0.15, 0.2) is 0 Å². The first-order valence-electron chi connectivity index (χ1n) is 5.85. The number of amides is 3. The third-order valence-corrected chi connectivity index (χ3v) is 3.98. The lowest BCUT2D eigenvalue weighted by Crippen LogP contribution is -2.49. The van der Waals surface area contributed by atoms with Gasteiger partial charge in [-0.25, -0.2) is 4.79 Å². The van der Waals surface area contributed by atoms with Crippen molar-refractivity contribution in [2.45, 2.75) is 24.8 Å². The first kappa shape index (κ1) is 11.6. The minimum Gasteiger partial charge on any atom is -0.322 e. The predicted octanol–water partition coefficient (Wildman–Crippen LogP) is 0.833. The maximum atomic E-state index is 12.0. The van der Waals surface area contributed by atoms with Gasteiger partial charge in [0.05, 0.1) is 4.92 Å². The molecule has 1 aliphatic carbocycles. The van der Waals surface area contributed by atoms with Gasteiger partial charge in [-0.1, -0.05) is 13.0 Å². The number of non-ortho nitro benzene ring substituents is 1. The number of rotatable bonds is 1. The van der Waals surface area contributed by atoms with Gasteiger partial charge in [0.2, 0.25) is 0 Å². The fourth-order valence-electron chi connectivity index (χ4n) is 2.91. The molecule has 7 heteroatoms. The number of nitrogens with zero attached hydrogens (tertiary/aromatic N) is 1. The number of nitro groups is 1. The van der Waals surface area contributed by atoms with Crippen molar-refractivity contribution in [3.8, 4) is 0 Å². The third kappa shape index (κ3) is 1.44. The van der Waals surface area contributed by atoms with Crippen molar-refractivity contribution in [2.24, 2.45) is 0 Å². The molecular weight excluding hydrogens is 250 g/mol. The van der Waals surface area contributed by atoms with E-state index in [-0.39, 0.29) is 17.5 Å². The lowest BCUT2D eigenvalue weighted by Gasteiger charge is -2.25. The molecule has 0 bridgehead atoms. The topological polar surface area (TPSA) is 101 Å². The van der Waals surface area contributed by atoms with E-state index in [0.717, 1.165) is 11.1 Å². The van der Waals surface area contributed by atoms with Gasteiger partial charge in [0.1, 0.15) is 5.54 Å². The lowest BCUT2D eigenvalue weighted by molar-refractivity contribution is -0.384. The van der Waals surface area contributed by atoms with E-state index in [9.17, 15) is 19.7 Å². The van der Waals surface area contributed by atoms with Crippen molar-refractivity contribution in [3.05, 3.63) is 39.4 Å². The van der Waals surface area contributed by atoms with Gasteiger partial charge in [0, 0.05) is 24.5 Å². The number of fused-ring (bicyclic) bond motifs is 1. The highest BCUT2D eigenvalue weighted by molar-refractivity contribution is 6.08. The van der Waals surface area contributed by atoms with Crippen LogP contribution < -0.4 is 10.6 Å². The van der Waals surface area contributed by atoms with E-state index in [1.54, 1.807) is 13.0 Å². The van der Waals surface area contributed by atoms with Gasteiger partial charge in [-0.3, -0.25) is 20.2 Å². The molecule has 2 atom stereocenters. The summed E-state index contributed by atoms with van der Waals surface area (Å²) in [4.78, 5) is 33.6. The molecule has 1 fully saturated rings. The maximum absolute atomic E-state index is 12.0. The number of carbonyl (C=O) groups excluding carboxylic acids is 2. The Bertz CT molecular complexity index is 627. The zero-order valence-corrected chi connectivity index (χ0v) is 10.1. The summed E-state index contributed by atoms with van der Waals surface area (Å²) in [5.74, 6) is -0.669. The molecule has 0 radical (unpaired) electrons. The summed E-state index contributed by atoms with van der Waals surface area (Å²) < 4.78 is 0. The Labute approximate surface area is 108 Å². The summed E-state index contributed by atoms with van der Waals surface area (Å²) >= 11 is 0. The van der Waals surface area contributed by atoms with Crippen LogP contribution >= 0.6 is 0 Å². The molecule has 0 aromatic heterocycles. The van der Waals surface area contributed by atoms with Gasteiger partial charge in [-0.05, 0) is 11.1 Å². The SMILES string of the molecule is CC1c2cc([N+](=O)[O-])ccc2CC12NC(=O)NC2=O. The Balaban J connectivity index is 2.07. The minimum absolute atomic E-state index is 0.00705. The van der Waals surface area contributed by atoms with Gasteiger partial charge in [-0.2, -0.15) is 0 Å². The first-order valence-corrected chi connectivity index (χ1v) is 5.85. The molecule has 1 aliphatic heterocycles. The standard InChI is InChI=1S/C12H11N3O4/c1-6-9-4-8(15(18)19)3-2-7(9)5-12(6)10(16)13-11(17)14-12/h2-4,6H,5H2,1H3,(H2,13,14,16,17). The second kappa shape index (κ2) is 3.53. The summed E-state index contributed by atoms with van der Waals surface area (Å²) in [6.45, 7) is 1.79. The van der Waals surface area contributed by atoms with Gasteiger partial charge in [-0.15, -0.1) is 0 Å². The average molecular weight is 261 g/mol. The molecule has 0 saturated carbocycles. The average Bonchev–Trinajstić information content (AvgIpc) is 2.78. The molecule has 2 N–H and O–H groups in total. The van der Waals surface area contributed by atoms with Crippen LogP contribution in [0.25, 0.3) is 0 Å². The summed E-state index contributed by atoms with van der Waals surface area (Å²) in [5.41, 5.74) is 0.587. The zero-order valence-electron chi connectivity index (χ0n) is 10.1. The Morgan fingerprint density at radius 3 is 2.74 bits per heavy atom. The van der Waals surface area contributed by atoms with Crippen LogP contribution in [-0.2, 0) is 11.2 Å². The van der Waals surface area contributed by atoms with Gasteiger partial charge in [0.25, 0.3) is 11.6 Å². The summed E-state index contributed by atoms with van der Waals surface area (Å²) in [6, 6.07) is 4.03. The van der Waals surface area contributed by atoms with Crippen LogP contribution in [0.5, 0.6) is 0 Å². The minimum atomic E-state index is -1.01. The number of imide groups is 1. The highest BCUT2D eigenvalue weighted by atomic mass is 16.6. The van der Waals surface area contributed by atoms with Crippen LogP contribution in [0.2, 0.25) is 0 Å². The van der Waals surface area contributed by atoms with Crippen LogP contribution in [0.3, 0.4) is 0 Å². The van der Waals surface area contributed by atoms with Crippen molar-refractivity contribution in [1.82, 2.24) is 10.6 Å². The number of carbonyl (C=O) groups is 2. The van der Waals surface area contributed by atoms with Crippen LogP contribution in [0, 0.1) is 10.1 Å². The van der Waals surface area contributed by atoms with Crippen LogP contribution in [0.1, 0.15) is 24.0 Å². The van der Waals surface area contributed by atoms with Crippen molar-refractivity contribution in [3.63, 3.8) is 0 Å². The number of hydrogen-bond donors (Lipinski definition) is 2. The van der Waals surface area contributed by atoms with E-state index in [0.29, 0.717) is 6.42 Å². The molecule has 7 nitrogen and oxygen atoms in total. The monoisotopic (exact) mass is 261 g/mol. The molecule has 19 heavy (non-hydrogen) atoms. The summed E-state index contributed by atoms with van der Waals surface area (Å²) in [6.07, 6.45) is 0.360. The first-order chi connectivity index (χ1) is 8.94. The van der Waals surface area contributed by atoms with Crippen molar-refractivity contribution < 1.29 is 14.5 Å². The fraction of sp³-hybridized carbons (Fsp3) is 0.333. The second-order valence-electron chi connectivity index (χ2n) is 4.92. The number of benzene rings is 1. The van der Waals surface area contributed by atoms with E-state index in [2.05, 4.69) is 10.6 Å². The quantitative estimate of drug-likeness (QED) is 0.444. The molecule has 1 aromatic rings. The van der Waals surface area contributed by atoms with Gasteiger partial charge < -0.3 is 5.32 Å². The van der Waals surface area contributed by atoms with E-state index < -0.39 is 16.5 Å². The molecular formula is C12H11N3O4. The Morgan fingerprint density at radius 2 is 2.16 bits per heavy atom. The molecule has 98 valence electrons. The van der Waals surface area contributed by atoms with Crippen LogP contribution in [-0.4, -0.2) is 22.4 Å². The maximum Gasteiger partial charge on any atom is 0.322 e. The van der Waals surface area contributed by atoms with Crippen LogP contribution in [0.4, 0.5) is 10.5 Å². The van der Waals surface area contributed by atoms with Gasteiger partial charge >= 0.3 is 6.03 Å². The molecule has 1 heterocycles.